The minimum Gasteiger partial charge on any atom is -0.777 e. The maximum Gasteiger partial charge on any atom is 0.187 e. The van der Waals surface area contributed by atoms with E-state index in [1.807, 2.05) is 0 Å². The van der Waals surface area contributed by atoms with Crippen molar-refractivity contribution in [2.24, 2.45) is 0 Å². The second kappa shape index (κ2) is 5.70. The lowest BCUT2D eigenvalue weighted by molar-refractivity contribution is -0.300. The van der Waals surface area contributed by atoms with E-state index < -0.39 is 51.3 Å². The van der Waals surface area contributed by atoms with Crippen LogP contribution >= 0.6 is 7.60 Å². The highest BCUT2D eigenvalue weighted by atomic mass is 31.2. The average Bonchev–Trinajstić information content (AvgIpc) is 2.24. The molecular weight excluding hydrogens is 259 g/mol. The van der Waals surface area contributed by atoms with Crippen LogP contribution in [0.3, 0.4) is 0 Å². The first-order valence-corrected chi connectivity index (χ1v) is 6.47. The normalized spacial score (nSPS) is 42.1. The van der Waals surface area contributed by atoms with Gasteiger partial charge in [-0.2, -0.15) is 0 Å². The third-order valence-electron chi connectivity index (χ3n) is 2.25. The van der Waals surface area contributed by atoms with Crippen LogP contribution in [-0.2, 0) is 14.0 Å². The van der Waals surface area contributed by atoms with Gasteiger partial charge in [-0.05, 0) is 0 Å². The van der Waals surface area contributed by atoms with Crippen molar-refractivity contribution in [1.82, 2.24) is 0 Å². The van der Waals surface area contributed by atoms with Crippen LogP contribution in [0.1, 0.15) is 0 Å². The first-order valence-electron chi connectivity index (χ1n) is 4.71. The van der Waals surface area contributed by atoms with E-state index >= 15 is 0 Å². The van der Waals surface area contributed by atoms with Gasteiger partial charge in [0.25, 0.3) is 0 Å². The van der Waals surface area contributed by atoms with Crippen LogP contribution in [0.15, 0.2) is 0 Å². The van der Waals surface area contributed by atoms with E-state index in [1.54, 1.807) is 0 Å². The zero-order valence-electron chi connectivity index (χ0n) is 8.62. The summed E-state index contributed by atoms with van der Waals surface area (Å²) in [6, 6.07) is 0. The van der Waals surface area contributed by atoms with E-state index in [2.05, 4.69) is 4.74 Å². The number of hydrogen-bond donors (Lipinski definition) is 5. The van der Waals surface area contributed by atoms with Crippen LogP contribution in [0.4, 0.5) is 0 Å². The molecule has 17 heavy (non-hydrogen) atoms. The Hall–Kier alpha value is -0.0900. The lowest BCUT2D eigenvalue weighted by Gasteiger charge is -2.39. The fourth-order valence-corrected chi connectivity index (χ4v) is 1.71. The molecule has 1 rings (SSSR count). The average molecular weight is 273 g/mol. The molecule has 0 bridgehead atoms. The van der Waals surface area contributed by atoms with E-state index in [9.17, 15) is 24.8 Å². The predicted molar refractivity (Wildman–Crippen MR) is 49.5 cm³/mol. The van der Waals surface area contributed by atoms with Gasteiger partial charge in [0.15, 0.2) is 13.9 Å². The quantitative estimate of drug-likeness (QED) is 0.325. The van der Waals surface area contributed by atoms with Gasteiger partial charge in [-0.3, -0.25) is 0 Å². The van der Waals surface area contributed by atoms with Gasteiger partial charge < -0.3 is 44.3 Å². The number of rotatable bonds is 4. The van der Waals surface area contributed by atoms with Gasteiger partial charge in [-0.1, -0.05) is 0 Å². The molecule has 0 saturated carbocycles. The minimum absolute atomic E-state index is 0.654. The van der Waals surface area contributed by atoms with E-state index in [1.165, 1.54) is 0 Å². The molecule has 0 aromatic heterocycles. The van der Waals surface area contributed by atoms with Crippen LogP contribution in [0.2, 0.25) is 0 Å². The van der Waals surface area contributed by atoms with Crippen molar-refractivity contribution in [3.8, 4) is 0 Å². The largest absolute Gasteiger partial charge is 0.777 e. The Morgan fingerprint density at radius 3 is 2.29 bits per heavy atom. The summed E-state index contributed by atoms with van der Waals surface area (Å²) in [5.74, 6) is 0. The lowest BCUT2D eigenvalue weighted by atomic mass is 9.99. The topological polar surface area (TPSA) is 160 Å². The Morgan fingerprint density at radius 2 is 1.82 bits per heavy atom. The molecule has 102 valence electrons. The number of hydrogen-bond acceptors (Lipinski definition) is 8. The summed E-state index contributed by atoms with van der Waals surface area (Å²) in [6.07, 6.45) is -8.78. The SMILES string of the molecule is O=P([O-])(O)CO[C@H]1O[C@H](CO)[C@@H](O)[C@H](O)[C@H]1O. The highest BCUT2D eigenvalue weighted by molar-refractivity contribution is 7.50. The van der Waals surface area contributed by atoms with E-state index in [0.717, 1.165) is 0 Å². The molecule has 6 atom stereocenters. The highest BCUT2D eigenvalue weighted by Gasteiger charge is 2.44. The number of aliphatic hydroxyl groups is 4. The molecule has 1 saturated heterocycles. The minimum atomic E-state index is -4.69. The van der Waals surface area contributed by atoms with Gasteiger partial charge in [0.1, 0.15) is 30.8 Å². The zero-order valence-corrected chi connectivity index (χ0v) is 9.51. The fraction of sp³-hybridized carbons (Fsp3) is 1.00. The summed E-state index contributed by atoms with van der Waals surface area (Å²) in [4.78, 5) is 18.9. The second-order valence-corrected chi connectivity index (χ2v) is 5.16. The molecule has 1 aliphatic rings. The molecule has 1 heterocycles. The Morgan fingerprint density at radius 1 is 1.24 bits per heavy atom. The van der Waals surface area contributed by atoms with Crippen molar-refractivity contribution in [1.29, 1.82) is 0 Å². The van der Waals surface area contributed by atoms with Gasteiger partial charge in [-0.25, -0.2) is 0 Å². The molecule has 1 fully saturated rings. The van der Waals surface area contributed by atoms with Crippen molar-refractivity contribution in [3.05, 3.63) is 0 Å². The zero-order chi connectivity index (χ0) is 13.2. The summed E-state index contributed by atoms with van der Waals surface area (Å²) in [5.41, 5.74) is 0. The summed E-state index contributed by atoms with van der Waals surface area (Å²) in [5, 5.41) is 36.9. The number of ether oxygens (including phenoxy) is 2. The van der Waals surface area contributed by atoms with Crippen LogP contribution in [0, 0.1) is 0 Å². The first-order chi connectivity index (χ1) is 7.76. The van der Waals surface area contributed by atoms with Crippen LogP contribution in [0.5, 0.6) is 0 Å². The maximum atomic E-state index is 10.4. The van der Waals surface area contributed by atoms with Crippen molar-refractivity contribution in [3.63, 3.8) is 0 Å². The predicted octanol–water partition coefficient (Wildman–Crippen LogP) is -3.69. The standard InChI is InChI=1S/C7H15O9P/c8-1-3-4(9)5(10)6(11)7(16-3)15-2-17(12,13)14/h3-11H,1-2H2,(H2,12,13,14)/p-1/t3-,4-,5+,6-,7+/m1/s1. The molecule has 1 unspecified atom stereocenters. The van der Waals surface area contributed by atoms with E-state index in [4.69, 9.17) is 14.7 Å². The Bertz CT molecular complexity index is 289. The summed E-state index contributed by atoms with van der Waals surface area (Å²) >= 11 is 0. The van der Waals surface area contributed by atoms with Crippen LogP contribution < -0.4 is 4.89 Å². The molecule has 0 amide bonds. The third-order valence-corrected chi connectivity index (χ3v) is 2.73. The van der Waals surface area contributed by atoms with Gasteiger partial charge in [0.05, 0.1) is 6.61 Å². The summed E-state index contributed by atoms with van der Waals surface area (Å²) in [7, 11) is -4.69. The lowest BCUT2D eigenvalue weighted by Crippen LogP contribution is -2.59. The van der Waals surface area contributed by atoms with Gasteiger partial charge >= 0.3 is 0 Å². The smallest absolute Gasteiger partial charge is 0.187 e. The molecular formula is C7H14O9P-. The summed E-state index contributed by atoms with van der Waals surface area (Å²) in [6.45, 7) is -0.654. The molecule has 5 N–H and O–H groups in total. The third kappa shape index (κ3) is 3.95. The van der Waals surface area contributed by atoms with Crippen molar-refractivity contribution < 1.29 is 44.3 Å². The first kappa shape index (κ1) is 15.0. The molecule has 10 heteroatoms. The van der Waals surface area contributed by atoms with Crippen molar-refractivity contribution in [2.45, 2.75) is 30.7 Å². The van der Waals surface area contributed by atoms with E-state index in [0.29, 0.717) is 0 Å². The monoisotopic (exact) mass is 273 g/mol. The van der Waals surface area contributed by atoms with Crippen LogP contribution in [-0.4, -0.2) is 69.0 Å². The van der Waals surface area contributed by atoms with Gasteiger partial charge in [0.2, 0.25) is 0 Å². The summed E-state index contributed by atoms with van der Waals surface area (Å²) < 4.78 is 19.8. The Labute approximate surface area is 96.4 Å². The van der Waals surface area contributed by atoms with E-state index in [-0.39, 0.29) is 0 Å². The van der Waals surface area contributed by atoms with Gasteiger partial charge in [0, 0.05) is 0 Å². The Kier molecular flexibility index (Phi) is 5.02. The highest BCUT2D eigenvalue weighted by Crippen LogP contribution is 2.31. The second-order valence-electron chi connectivity index (χ2n) is 3.63. The fourth-order valence-electron chi connectivity index (χ4n) is 1.37. The van der Waals surface area contributed by atoms with Crippen LogP contribution in [0.25, 0.3) is 0 Å². The molecule has 0 aliphatic carbocycles. The molecule has 1 aliphatic heterocycles. The van der Waals surface area contributed by atoms with Crippen molar-refractivity contribution in [2.75, 3.05) is 13.0 Å². The molecule has 0 aromatic carbocycles. The number of aliphatic hydroxyl groups excluding tert-OH is 4. The maximum absolute atomic E-state index is 10.4. The Balaban J connectivity index is 2.62. The molecule has 0 aromatic rings. The molecule has 0 radical (unpaired) electrons. The molecule has 9 nitrogen and oxygen atoms in total. The molecule has 0 spiro atoms. The van der Waals surface area contributed by atoms with Gasteiger partial charge in [-0.15, -0.1) is 0 Å². The van der Waals surface area contributed by atoms with Crippen molar-refractivity contribution >= 4 is 7.60 Å².